The van der Waals surface area contributed by atoms with Crippen LogP contribution in [0.4, 0.5) is 5.69 Å². The minimum Gasteiger partial charge on any atom is -0.322 e. The summed E-state index contributed by atoms with van der Waals surface area (Å²) in [5.74, 6) is -0.295. The SMILES string of the molecule is O=C(Nc1ccc(-c2cc(-c3ccccc3)c3c(ccc4ccccc43)n2)cc1)c1ccc(Cl)cc1Cl. The number of nitrogens with one attached hydrogen (secondary N) is 1. The molecule has 0 radical (unpaired) electrons. The van der Waals surface area contributed by atoms with Crippen LogP contribution in [0.2, 0.25) is 10.0 Å². The summed E-state index contributed by atoms with van der Waals surface area (Å²) in [5.41, 5.74) is 6.05. The van der Waals surface area contributed by atoms with E-state index in [1.807, 2.05) is 30.3 Å². The number of fused-ring (bicyclic) bond motifs is 3. The molecule has 0 spiro atoms. The second-order valence-electron chi connectivity index (χ2n) is 8.76. The van der Waals surface area contributed by atoms with E-state index in [2.05, 4.69) is 72.0 Å². The quantitative estimate of drug-likeness (QED) is 0.236. The third kappa shape index (κ3) is 4.55. The predicted molar refractivity (Wildman–Crippen MR) is 155 cm³/mol. The minimum atomic E-state index is -0.295. The van der Waals surface area contributed by atoms with Crippen LogP contribution in [0, 0.1) is 0 Å². The van der Waals surface area contributed by atoms with E-state index >= 15 is 0 Å². The lowest BCUT2D eigenvalue weighted by Crippen LogP contribution is -2.12. The number of pyridine rings is 1. The number of anilines is 1. The molecule has 0 fully saturated rings. The Hall–Kier alpha value is -4.18. The molecular weight excluding hydrogens is 499 g/mol. The molecule has 0 aliphatic rings. The summed E-state index contributed by atoms with van der Waals surface area (Å²) < 4.78 is 0. The molecule has 0 unspecified atom stereocenters. The van der Waals surface area contributed by atoms with Gasteiger partial charge in [-0.1, -0.05) is 96.0 Å². The zero-order valence-electron chi connectivity index (χ0n) is 19.6. The molecule has 0 aliphatic heterocycles. The molecule has 1 amide bonds. The number of hydrogen-bond donors (Lipinski definition) is 1. The van der Waals surface area contributed by atoms with Gasteiger partial charge in [-0.3, -0.25) is 4.79 Å². The van der Waals surface area contributed by atoms with Gasteiger partial charge in [-0.15, -0.1) is 0 Å². The summed E-state index contributed by atoms with van der Waals surface area (Å²) in [6.07, 6.45) is 0. The Bertz CT molecular complexity index is 1780. The molecule has 0 saturated heterocycles. The predicted octanol–water partition coefficient (Wildman–Crippen LogP) is 9.28. The first kappa shape index (κ1) is 23.2. The highest BCUT2D eigenvalue weighted by Crippen LogP contribution is 2.36. The average Bonchev–Trinajstić information content (AvgIpc) is 2.93. The lowest BCUT2D eigenvalue weighted by atomic mass is 9.94. The molecule has 37 heavy (non-hydrogen) atoms. The Morgan fingerprint density at radius 1 is 0.703 bits per heavy atom. The van der Waals surface area contributed by atoms with Crippen molar-refractivity contribution < 1.29 is 4.79 Å². The monoisotopic (exact) mass is 518 g/mol. The second-order valence-corrected chi connectivity index (χ2v) is 9.60. The number of aromatic nitrogens is 1. The molecule has 6 rings (SSSR count). The highest BCUT2D eigenvalue weighted by molar-refractivity contribution is 6.37. The number of amides is 1. The molecule has 6 aromatic rings. The van der Waals surface area contributed by atoms with Gasteiger partial charge in [0.2, 0.25) is 0 Å². The van der Waals surface area contributed by atoms with Crippen LogP contribution >= 0.6 is 23.2 Å². The van der Waals surface area contributed by atoms with Gasteiger partial charge in [-0.05, 0) is 64.4 Å². The van der Waals surface area contributed by atoms with Gasteiger partial charge in [-0.2, -0.15) is 0 Å². The van der Waals surface area contributed by atoms with E-state index in [1.165, 1.54) is 10.8 Å². The average molecular weight is 519 g/mol. The Labute approximate surface area is 224 Å². The van der Waals surface area contributed by atoms with Gasteiger partial charge in [0.25, 0.3) is 5.91 Å². The first-order valence-electron chi connectivity index (χ1n) is 11.8. The van der Waals surface area contributed by atoms with E-state index in [-0.39, 0.29) is 5.91 Å². The third-order valence-electron chi connectivity index (χ3n) is 6.40. The summed E-state index contributed by atoms with van der Waals surface area (Å²) in [6.45, 7) is 0. The molecule has 0 aliphatic carbocycles. The van der Waals surface area contributed by atoms with Gasteiger partial charge in [0, 0.05) is 21.7 Å². The van der Waals surface area contributed by atoms with E-state index in [0.29, 0.717) is 21.3 Å². The Morgan fingerprint density at radius 2 is 1.46 bits per heavy atom. The number of carbonyl (C=O) groups is 1. The Kier molecular flexibility index (Phi) is 6.09. The van der Waals surface area contributed by atoms with Crippen molar-refractivity contribution in [2.45, 2.75) is 0 Å². The van der Waals surface area contributed by atoms with Crippen LogP contribution in [0.25, 0.3) is 44.1 Å². The van der Waals surface area contributed by atoms with Crippen molar-refractivity contribution >= 4 is 56.5 Å². The number of hydrogen-bond acceptors (Lipinski definition) is 2. The molecule has 0 atom stereocenters. The van der Waals surface area contributed by atoms with E-state index in [9.17, 15) is 4.79 Å². The van der Waals surface area contributed by atoms with Crippen LogP contribution in [0.5, 0.6) is 0 Å². The lowest BCUT2D eigenvalue weighted by molar-refractivity contribution is 0.102. The van der Waals surface area contributed by atoms with Gasteiger partial charge < -0.3 is 5.32 Å². The number of benzene rings is 5. The van der Waals surface area contributed by atoms with Crippen molar-refractivity contribution in [3.63, 3.8) is 0 Å². The Balaban J connectivity index is 1.40. The van der Waals surface area contributed by atoms with Crippen molar-refractivity contribution in [1.82, 2.24) is 4.98 Å². The van der Waals surface area contributed by atoms with E-state index in [0.717, 1.165) is 33.3 Å². The fourth-order valence-electron chi connectivity index (χ4n) is 4.60. The smallest absolute Gasteiger partial charge is 0.257 e. The van der Waals surface area contributed by atoms with Gasteiger partial charge >= 0.3 is 0 Å². The van der Waals surface area contributed by atoms with E-state index in [4.69, 9.17) is 28.2 Å². The zero-order valence-corrected chi connectivity index (χ0v) is 21.1. The van der Waals surface area contributed by atoms with Crippen LogP contribution in [0.15, 0.2) is 115 Å². The molecule has 3 nitrogen and oxygen atoms in total. The number of rotatable bonds is 4. The largest absolute Gasteiger partial charge is 0.322 e. The minimum absolute atomic E-state index is 0.295. The van der Waals surface area contributed by atoms with Crippen LogP contribution in [0.1, 0.15) is 10.4 Å². The third-order valence-corrected chi connectivity index (χ3v) is 6.95. The summed E-state index contributed by atoms with van der Waals surface area (Å²) in [4.78, 5) is 17.7. The summed E-state index contributed by atoms with van der Waals surface area (Å²) in [5, 5.41) is 7.19. The number of halogens is 2. The molecule has 0 saturated carbocycles. The molecule has 5 aromatic carbocycles. The first-order chi connectivity index (χ1) is 18.1. The van der Waals surface area contributed by atoms with Gasteiger partial charge in [0.1, 0.15) is 0 Å². The molecule has 1 N–H and O–H groups in total. The topological polar surface area (TPSA) is 42.0 Å². The van der Waals surface area contributed by atoms with Crippen LogP contribution in [-0.4, -0.2) is 10.9 Å². The van der Waals surface area contributed by atoms with Crippen molar-refractivity contribution in [2.75, 3.05) is 5.32 Å². The lowest BCUT2D eigenvalue weighted by Gasteiger charge is -2.13. The summed E-state index contributed by atoms with van der Waals surface area (Å²) >= 11 is 12.1. The van der Waals surface area contributed by atoms with E-state index in [1.54, 1.807) is 18.2 Å². The van der Waals surface area contributed by atoms with Crippen molar-refractivity contribution in [2.24, 2.45) is 0 Å². The molecule has 1 heterocycles. The molecule has 1 aromatic heterocycles. The highest BCUT2D eigenvalue weighted by atomic mass is 35.5. The van der Waals surface area contributed by atoms with Crippen LogP contribution in [-0.2, 0) is 0 Å². The van der Waals surface area contributed by atoms with Gasteiger partial charge in [-0.25, -0.2) is 4.98 Å². The second kappa shape index (κ2) is 9.70. The Morgan fingerprint density at radius 3 is 2.24 bits per heavy atom. The molecule has 178 valence electrons. The number of carbonyl (C=O) groups excluding carboxylic acids is 1. The molecular formula is C32H20Cl2N2O. The maximum absolute atomic E-state index is 12.7. The number of nitrogens with zero attached hydrogens (tertiary/aromatic N) is 1. The summed E-state index contributed by atoms with van der Waals surface area (Å²) in [6, 6.07) is 37.6. The summed E-state index contributed by atoms with van der Waals surface area (Å²) in [7, 11) is 0. The fourth-order valence-corrected chi connectivity index (χ4v) is 5.09. The maximum Gasteiger partial charge on any atom is 0.257 e. The van der Waals surface area contributed by atoms with Crippen molar-refractivity contribution in [3.8, 4) is 22.4 Å². The fraction of sp³-hybridized carbons (Fsp3) is 0. The van der Waals surface area contributed by atoms with Crippen molar-refractivity contribution in [1.29, 1.82) is 0 Å². The van der Waals surface area contributed by atoms with Crippen LogP contribution in [0.3, 0.4) is 0 Å². The van der Waals surface area contributed by atoms with Gasteiger partial charge in [0.05, 0.1) is 21.8 Å². The normalized spacial score (nSPS) is 11.1. The van der Waals surface area contributed by atoms with Gasteiger partial charge in [0.15, 0.2) is 0 Å². The van der Waals surface area contributed by atoms with E-state index < -0.39 is 0 Å². The van der Waals surface area contributed by atoms with Crippen molar-refractivity contribution in [3.05, 3.63) is 131 Å². The van der Waals surface area contributed by atoms with Crippen LogP contribution < -0.4 is 5.32 Å². The first-order valence-corrected chi connectivity index (χ1v) is 12.6. The maximum atomic E-state index is 12.7. The highest BCUT2D eigenvalue weighted by Gasteiger charge is 2.14. The standard InChI is InChI=1S/C32H20Cl2N2O/c33-23-13-16-26(28(34)18-23)32(37)35-24-14-10-22(11-15-24)30-19-27(20-6-2-1-3-7-20)31-25-9-5-4-8-21(25)12-17-29(31)36-30/h1-19H,(H,35,37). The molecule has 5 heteroatoms. The zero-order chi connectivity index (χ0) is 25.4. The molecule has 0 bridgehead atoms.